The van der Waals surface area contributed by atoms with E-state index < -0.39 is 29.4 Å². The number of likely N-dealkylation sites (N-methyl/N-ethyl adjacent to an activating group) is 1. The molecule has 0 fully saturated rings. The standard InChI is InChI=1S/C26H22N4O4/c1-26(2,3)34-25(33)30-17-11-6-5-8-13(17)19-21-20(23(31)29(4)24(21)32)15(12-27)18-14(22(19)30)9-7-10-16(18)28/h5-11,15H,28H2,1-4H3. The van der Waals surface area contributed by atoms with Gasteiger partial charge in [0.05, 0.1) is 28.4 Å². The van der Waals surface area contributed by atoms with Crippen LogP contribution < -0.4 is 5.73 Å². The largest absolute Gasteiger partial charge is 0.443 e. The van der Waals surface area contributed by atoms with Crippen molar-refractivity contribution in [2.24, 2.45) is 0 Å². The van der Waals surface area contributed by atoms with E-state index in [0.29, 0.717) is 39.0 Å². The molecule has 170 valence electrons. The number of amides is 2. The van der Waals surface area contributed by atoms with Gasteiger partial charge >= 0.3 is 6.09 Å². The Bertz CT molecular complexity index is 1510. The molecule has 1 aliphatic carbocycles. The second kappa shape index (κ2) is 7.06. The number of carbonyl (C=O) groups is 3. The van der Waals surface area contributed by atoms with Crippen molar-refractivity contribution >= 4 is 40.1 Å². The summed E-state index contributed by atoms with van der Waals surface area (Å²) in [4.78, 5) is 41.2. The Morgan fingerprint density at radius 1 is 1.09 bits per heavy atom. The number of imide groups is 1. The number of nitriles is 1. The lowest BCUT2D eigenvalue weighted by Crippen LogP contribution is -2.29. The van der Waals surface area contributed by atoms with Gasteiger partial charge in [0.1, 0.15) is 11.5 Å². The number of benzene rings is 2. The van der Waals surface area contributed by atoms with Crippen LogP contribution in [-0.2, 0) is 14.3 Å². The van der Waals surface area contributed by atoms with Crippen LogP contribution in [-0.4, -0.2) is 40.0 Å². The zero-order chi connectivity index (χ0) is 24.5. The Morgan fingerprint density at radius 3 is 2.47 bits per heavy atom. The number of rotatable bonds is 0. The molecule has 0 radical (unpaired) electrons. The Morgan fingerprint density at radius 2 is 1.79 bits per heavy atom. The molecule has 3 aromatic rings. The van der Waals surface area contributed by atoms with Gasteiger partial charge in [-0.2, -0.15) is 5.26 Å². The summed E-state index contributed by atoms with van der Waals surface area (Å²) in [5.74, 6) is -2.16. The SMILES string of the molecule is CN1C(=O)C2=C(C1=O)C(C#N)c1c(N)cccc1-c1c2c2ccccc2n1C(=O)OC(C)(C)C. The predicted molar refractivity (Wildman–Crippen MR) is 126 cm³/mol. The van der Waals surface area contributed by atoms with E-state index in [0.717, 1.165) is 4.90 Å². The zero-order valence-electron chi connectivity index (χ0n) is 19.2. The highest BCUT2D eigenvalue weighted by Gasteiger charge is 2.47. The molecule has 5 rings (SSSR count). The summed E-state index contributed by atoms with van der Waals surface area (Å²) in [6.45, 7) is 5.30. The smallest absolute Gasteiger partial charge is 0.419 e. The van der Waals surface area contributed by atoms with E-state index in [1.54, 1.807) is 63.2 Å². The average Bonchev–Trinajstić information content (AvgIpc) is 3.16. The molecule has 34 heavy (non-hydrogen) atoms. The van der Waals surface area contributed by atoms with E-state index in [9.17, 15) is 19.6 Å². The molecule has 2 N–H and O–H groups in total. The molecule has 0 saturated heterocycles. The topological polar surface area (TPSA) is 118 Å². The van der Waals surface area contributed by atoms with Crippen LogP contribution in [0.2, 0.25) is 0 Å². The first-order valence-electron chi connectivity index (χ1n) is 10.8. The highest BCUT2D eigenvalue weighted by atomic mass is 16.6. The monoisotopic (exact) mass is 454 g/mol. The normalized spacial score (nSPS) is 17.3. The number of nitrogens with zero attached hydrogens (tertiary/aromatic N) is 3. The van der Waals surface area contributed by atoms with Gasteiger partial charge in [0, 0.05) is 34.8 Å². The first-order chi connectivity index (χ1) is 16.1. The third-order valence-electron chi connectivity index (χ3n) is 6.13. The van der Waals surface area contributed by atoms with E-state index >= 15 is 0 Å². The third-order valence-corrected chi connectivity index (χ3v) is 6.13. The van der Waals surface area contributed by atoms with E-state index in [-0.39, 0.29) is 11.1 Å². The summed E-state index contributed by atoms with van der Waals surface area (Å²) in [6.07, 6.45) is -0.638. The first-order valence-corrected chi connectivity index (χ1v) is 10.8. The second-order valence-corrected chi connectivity index (χ2v) is 9.39. The molecule has 1 aliphatic heterocycles. The van der Waals surface area contributed by atoms with Gasteiger partial charge in [-0.3, -0.25) is 14.5 Å². The number of anilines is 1. The number of carbonyl (C=O) groups excluding carboxylic acids is 3. The van der Waals surface area contributed by atoms with Crippen LogP contribution in [0, 0.1) is 11.3 Å². The highest BCUT2D eigenvalue weighted by Crippen LogP contribution is 2.51. The Kier molecular flexibility index (Phi) is 4.46. The summed E-state index contributed by atoms with van der Waals surface area (Å²) in [5.41, 5.74) is 8.24. The second-order valence-electron chi connectivity index (χ2n) is 9.39. The minimum Gasteiger partial charge on any atom is -0.443 e. The van der Waals surface area contributed by atoms with Crippen molar-refractivity contribution in [2.45, 2.75) is 32.3 Å². The van der Waals surface area contributed by atoms with Crippen molar-refractivity contribution in [3.05, 3.63) is 59.2 Å². The quantitative estimate of drug-likeness (QED) is 0.404. The van der Waals surface area contributed by atoms with Crippen LogP contribution in [0.25, 0.3) is 27.7 Å². The average molecular weight is 454 g/mol. The van der Waals surface area contributed by atoms with Gasteiger partial charge in [-0.1, -0.05) is 30.3 Å². The summed E-state index contributed by atoms with van der Waals surface area (Å²) in [7, 11) is 1.38. The molecular weight excluding hydrogens is 432 g/mol. The van der Waals surface area contributed by atoms with Gasteiger partial charge < -0.3 is 10.5 Å². The van der Waals surface area contributed by atoms with Crippen LogP contribution in [0.5, 0.6) is 0 Å². The Balaban J connectivity index is 2.02. The fourth-order valence-corrected chi connectivity index (χ4v) is 4.80. The molecule has 0 saturated carbocycles. The lowest BCUT2D eigenvalue weighted by Gasteiger charge is -2.22. The Labute approximate surface area is 195 Å². The van der Waals surface area contributed by atoms with Gasteiger partial charge in [-0.05, 0) is 32.9 Å². The van der Waals surface area contributed by atoms with E-state index in [1.807, 2.05) is 0 Å². The maximum absolute atomic E-state index is 13.5. The molecule has 2 heterocycles. The number of para-hydroxylation sites is 1. The maximum atomic E-state index is 13.5. The minimum absolute atomic E-state index is 0.0694. The fourth-order valence-electron chi connectivity index (χ4n) is 4.80. The van der Waals surface area contributed by atoms with Crippen LogP contribution in [0.15, 0.2) is 48.0 Å². The van der Waals surface area contributed by atoms with Gasteiger partial charge in [0.15, 0.2) is 0 Å². The fraction of sp³-hybridized carbons (Fsp3) is 0.231. The molecule has 2 aliphatic rings. The highest BCUT2D eigenvalue weighted by molar-refractivity contribution is 6.39. The maximum Gasteiger partial charge on any atom is 0.419 e. The summed E-state index contributed by atoms with van der Waals surface area (Å²) in [5, 5.41) is 10.8. The summed E-state index contributed by atoms with van der Waals surface area (Å²) in [6, 6.07) is 14.4. The molecule has 8 nitrogen and oxygen atoms in total. The molecular formula is C26H22N4O4. The molecule has 0 bridgehead atoms. The number of hydrogen-bond donors (Lipinski definition) is 1. The van der Waals surface area contributed by atoms with Gasteiger partial charge in [0.2, 0.25) is 0 Å². The van der Waals surface area contributed by atoms with Crippen LogP contribution in [0.1, 0.15) is 37.8 Å². The first kappa shape index (κ1) is 21.5. The molecule has 2 aromatic carbocycles. The number of fused-ring (bicyclic) bond motifs is 6. The van der Waals surface area contributed by atoms with Crippen LogP contribution in [0.4, 0.5) is 10.5 Å². The number of hydrogen-bond acceptors (Lipinski definition) is 6. The predicted octanol–water partition coefficient (Wildman–Crippen LogP) is 4.05. The van der Waals surface area contributed by atoms with Crippen LogP contribution >= 0.6 is 0 Å². The zero-order valence-corrected chi connectivity index (χ0v) is 19.2. The molecule has 1 atom stereocenters. The number of nitrogen functional groups attached to an aromatic ring is 1. The summed E-state index contributed by atoms with van der Waals surface area (Å²) >= 11 is 0. The number of ether oxygens (including phenoxy) is 1. The number of aromatic nitrogens is 1. The van der Waals surface area contributed by atoms with Crippen molar-refractivity contribution in [1.82, 2.24) is 9.47 Å². The van der Waals surface area contributed by atoms with Crippen molar-refractivity contribution in [3.8, 4) is 17.3 Å². The molecule has 1 aromatic heterocycles. The van der Waals surface area contributed by atoms with Gasteiger partial charge in [-0.15, -0.1) is 0 Å². The molecule has 2 amide bonds. The van der Waals surface area contributed by atoms with Gasteiger partial charge in [-0.25, -0.2) is 9.36 Å². The summed E-state index contributed by atoms with van der Waals surface area (Å²) < 4.78 is 7.14. The van der Waals surface area contributed by atoms with E-state index in [4.69, 9.17) is 10.5 Å². The minimum atomic E-state index is -1.08. The molecule has 0 spiro atoms. The molecule has 1 unspecified atom stereocenters. The van der Waals surface area contributed by atoms with Crippen molar-refractivity contribution < 1.29 is 19.1 Å². The van der Waals surface area contributed by atoms with E-state index in [1.165, 1.54) is 11.6 Å². The third kappa shape index (κ3) is 2.80. The van der Waals surface area contributed by atoms with Gasteiger partial charge in [0.25, 0.3) is 11.8 Å². The van der Waals surface area contributed by atoms with Crippen LogP contribution in [0.3, 0.4) is 0 Å². The lowest BCUT2D eigenvalue weighted by atomic mass is 9.87. The van der Waals surface area contributed by atoms with E-state index in [2.05, 4.69) is 6.07 Å². The van der Waals surface area contributed by atoms with Crippen molar-refractivity contribution in [2.75, 3.05) is 12.8 Å². The van der Waals surface area contributed by atoms with Crippen molar-refractivity contribution in [3.63, 3.8) is 0 Å². The Hall–Kier alpha value is -4.38. The number of nitrogens with two attached hydrogens (primary N) is 1. The lowest BCUT2D eigenvalue weighted by molar-refractivity contribution is -0.135. The molecule has 8 heteroatoms. The van der Waals surface area contributed by atoms with Crippen molar-refractivity contribution in [1.29, 1.82) is 5.26 Å².